The highest BCUT2D eigenvalue weighted by molar-refractivity contribution is 5.95. The molecule has 3 aromatic carbocycles. The molecular formula is C27H26N2O2. The van der Waals surface area contributed by atoms with Crippen molar-refractivity contribution in [3.05, 3.63) is 102 Å². The van der Waals surface area contributed by atoms with Gasteiger partial charge in [0.2, 0.25) is 0 Å². The van der Waals surface area contributed by atoms with E-state index in [2.05, 4.69) is 47.0 Å². The summed E-state index contributed by atoms with van der Waals surface area (Å²) in [6.07, 6.45) is 0.785. The van der Waals surface area contributed by atoms with Crippen molar-refractivity contribution in [3.63, 3.8) is 0 Å². The van der Waals surface area contributed by atoms with Crippen LogP contribution in [0.25, 0.3) is 22.4 Å². The van der Waals surface area contributed by atoms with E-state index < -0.39 is 5.91 Å². The minimum absolute atomic E-state index is 0.407. The van der Waals surface area contributed by atoms with Gasteiger partial charge < -0.3 is 15.0 Å². The number of carbonyl (C=O) groups excluding carboxylic acids is 1. The second-order valence-corrected chi connectivity index (χ2v) is 7.55. The molecule has 0 spiro atoms. The van der Waals surface area contributed by atoms with Gasteiger partial charge in [0.15, 0.2) is 0 Å². The maximum atomic E-state index is 12.0. The molecule has 0 aliphatic heterocycles. The summed E-state index contributed by atoms with van der Waals surface area (Å²) in [7, 11) is 1.69. The van der Waals surface area contributed by atoms with Crippen LogP contribution in [0.2, 0.25) is 0 Å². The van der Waals surface area contributed by atoms with E-state index in [9.17, 15) is 4.79 Å². The summed E-state index contributed by atoms with van der Waals surface area (Å²) in [6.45, 7) is 2.67. The molecule has 156 valence electrons. The van der Waals surface area contributed by atoms with Gasteiger partial charge >= 0.3 is 0 Å². The number of rotatable bonds is 7. The molecule has 0 saturated heterocycles. The number of primary amides is 1. The number of amides is 1. The third kappa shape index (κ3) is 4.24. The lowest BCUT2D eigenvalue weighted by Crippen LogP contribution is -2.13. The summed E-state index contributed by atoms with van der Waals surface area (Å²) in [5.41, 5.74) is 12.6. The van der Waals surface area contributed by atoms with E-state index in [4.69, 9.17) is 10.5 Å². The maximum Gasteiger partial charge on any atom is 0.250 e. The fourth-order valence-electron chi connectivity index (χ4n) is 4.03. The molecule has 4 aromatic rings. The standard InChI is InChI=1S/C27H26N2O2/c1-19-24(27(28)30)18-25(29(19)17-16-23-10-6-7-11-26(23)31-2)22-14-12-21(13-15-22)20-8-4-3-5-9-20/h3-15,18H,16-17H2,1-2H3,(H2,28,30). The maximum absolute atomic E-state index is 12.0. The number of aryl methyl sites for hydroxylation is 1. The van der Waals surface area contributed by atoms with E-state index in [1.165, 1.54) is 5.56 Å². The first-order valence-electron chi connectivity index (χ1n) is 10.4. The number of hydrogen-bond donors (Lipinski definition) is 1. The number of carbonyl (C=O) groups is 1. The number of benzene rings is 3. The molecule has 0 atom stereocenters. The van der Waals surface area contributed by atoms with Gasteiger partial charge in [0, 0.05) is 17.9 Å². The van der Waals surface area contributed by atoms with Crippen molar-refractivity contribution in [1.82, 2.24) is 4.57 Å². The Bertz CT molecular complexity index is 1190. The smallest absolute Gasteiger partial charge is 0.250 e. The van der Waals surface area contributed by atoms with Gasteiger partial charge in [0.25, 0.3) is 5.91 Å². The average molecular weight is 411 g/mol. The minimum Gasteiger partial charge on any atom is -0.496 e. The van der Waals surface area contributed by atoms with Crippen molar-refractivity contribution in [3.8, 4) is 28.1 Å². The summed E-state index contributed by atoms with van der Waals surface area (Å²) in [4.78, 5) is 12.0. The molecule has 0 aliphatic rings. The quantitative estimate of drug-likeness (QED) is 0.438. The molecular weight excluding hydrogens is 384 g/mol. The second-order valence-electron chi connectivity index (χ2n) is 7.55. The predicted octanol–water partition coefficient (Wildman–Crippen LogP) is 5.48. The van der Waals surface area contributed by atoms with Crippen LogP contribution in [0.3, 0.4) is 0 Å². The number of hydrogen-bond acceptors (Lipinski definition) is 2. The van der Waals surface area contributed by atoms with Crippen molar-refractivity contribution >= 4 is 5.91 Å². The summed E-state index contributed by atoms with van der Waals surface area (Å²) in [6, 6.07) is 28.6. The molecule has 1 aromatic heterocycles. The van der Waals surface area contributed by atoms with E-state index in [1.54, 1.807) is 7.11 Å². The summed E-state index contributed by atoms with van der Waals surface area (Å²) < 4.78 is 7.66. The van der Waals surface area contributed by atoms with E-state index >= 15 is 0 Å². The Morgan fingerprint density at radius 2 is 1.48 bits per heavy atom. The second kappa shape index (κ2) is 8.92. The predicted molar refractivity (Wildman–Crippen MR) is 125 cm³/mol. The van der Waals surface area contributed by atoms with E-state index in [0.29, 0.717) is 5.56 Å². The summed E-state index contributed by atoms with van der Waals surface area (Å²) in [5, 5.41) is 0. The van der Waals surface area contributed by atoms with Crippen LogP contribution < -0.4 is 10.5 Å². The Balaban J connectivity index is 1.69. The molecule has 2 N–H and O–H groups in total. The first-order valence-corrected chi connectivity index (χ1v) is 10.4. The first kappa shape index (κ1) is 20.5. The Kier molecular flexibility index (Phi) is 5.89. The van der Waals surface area contributed by atoms with Gasteiger partial charge in [-0.15, -0.1) is 0 Å². The van der Waals surface area contributed by atoms with Crippen LogP contribution in [0.5, 0.6) is 5.75 Å². The summed E-state index contributed by atoms with van der Waals surface area (Å²) in [5.74, 6) is 0.465. The Morgan fingerprint density at radius 3 is 2.16 bits per heavy atom. The molecule has 0 fully saturated rings. The van der Waals surface area contributed by atoms with Crippen LogP contribution in [0.1, 0.15) is 21.6 Å². The Hall–Kier alpha value is -3.79. The zero-order valence-electron chi connectivity index (χ0n) is 17.8. The van der Waals surface area contributed by atoms with Crippen LogP contribution in [0.15, 0.2) is 84.9 Å². The lowest BCUT2D eigenvalue weighted by atomic mass is 10.0. The van der Waals surface area contributed by atoms with Crippen molar-refractivity contribution in [2.75, 3.05) is 7.11 Å². The highest BCUT2D eigenvalue weighted by atomic mass is 16.5. The van der Waals surface area contributed by atoms with Crippen molar-refractivity contribution in [2.45, 2.75) is 19.9 Å². The molecule has 0 bridgehead atoms. The number of para-hydroxylation sites is 1. The third-order valence-corrected chi connectivity index (χ3v) is 5.72. The van der Waals surface area contributed by atoms with Gasteiger partial charge in [-0.25, -0.2) is 0 Å². The van der Waals surface area contributed by atoms with E-state index in [0.717, 1.165) is 46.8 Å². The van der Waals surface area contributed by atoms with Crippen molar-refractivity contribution in [1.29, 1.82) is 0 Å². The highest BCUT2D eigenvalue weighted by Crippen LogP contribution is 2.29. The molecule has 1 amide bonds. The number of nitrogens with zero attached hydrogens (tertiary/aromatic N) is 1. The van der Waals surface area contributed by atoms with Crippen LogP contribution in [-0.4, -0.2) is 17.6 Å². The fourth-order valence-corrected chi connectivity index (χ4v) is 4.03. The van der Waals surface area contributed by atoms with Gasteiger partial charge in [-0.3, -0.25) is 4.79 Å². The number of nitrogens with two attached hydrogens (primary N) is 1. The zero-order valence-corrected chi connectivity index (χ0v) is 17.8. The lowest BCUT2D eigenvalue weighted by molar-refractivity contribution is 0.0999. The van der Waals surface area contributed by atoms with Gasteiger partial charge in [-0.2, -0.15) is 0 Å². The van der Waals surface area contributed by atoms with Gasteiger partial charge in [-0.05, 0) is 47.7 Å². The van der Waals surface area contributed by atoms with Crippen LogP contribution >= 0.6 is 0 Å². The van der Waals surface area contributed by atoms with E-state index in [1.807, 2.05) is 49.4 Å². The van der Waals surface area contributed by atoms with Crippen molar-refractivity contribution < 1.29 is 9.53 Å². The molecule has 1 heterocycles. The van der Waals surface area contributed by atoms with E-state index in [-0.39, 0.29) is 0 Å². The number of methoxy groups -OCH3 is 1. The molecule has 0 saturated carbocycles. The third-order valence-electron chi connectivity index (χ3n) is 5.72. The molecule has 0 unspecified atom stereocenters. The zero-order chi connectivity index (χ0) is 21.8. The molecule has 0 radical (unpaired) electrons. The summed E-state index contributed by atoms with van der Waals surface area (Å²) >= 11 is 0. The molecule has 0 aliphatic carbocycles. The van der Waals surface area contributed by atoms with Crippen LogP contribution in [-0.2, 0) is 13.0 Å². The van der Waals surface area contributed by atoms with Crippen LogP contribution in [0.4, 0.5) is 0 Å². The number of ether oxygens (including phenoxy) is 1. The molecule has 4 nitrogen and oxygen atoms in total. The molecule has 4 heteroatoms. The fraction of sp³-hybridized carbons (Fsp3) is 0.148. The van der Waals surface area contributed by atoms with Gasteiger partial charge in [0.05, 0.1) is 12.7 Å². The molecule has 31 heavy (non-hydrogen) atoms. The number of aromatic nitrogens is 1. The normalized spacial score (nSPS) is 10.8. The van der Waals surface area contributed by atoms with Gasteiger partial charge in [0.1, 0.15) is 5.75 Å². The topological polar surface area (TPSA) is 57.2 Å². The SMILES string of the molecule is COc1ccccc1CCn1c(-c2ccc(-c3ccccc3)cc2)cc(C(N)=O)c1C. The minimum atomic E-state index is -0.407. The molecule has 4 rings (SSSR count). The first-order chi connectivity index (χ1) is 15.1. The average Bonchev–Trinajstić information content (AvgIpc) is 3.15. The van der Waals surface area contributed by atoms with Crippen molar-refractivity contribution in [2.24, 2.45) is 5.73 Å². The monoisotopic (exact) mass is 410 g/mol. The lowest BCUT2D eigenvalue weighted by Gasteiger charge is -2.14. The largest absolute Gasteiger partial charge is 0.496 e. The Morgan fingerprint density at radius 1 is 0.871 bits per heavy atom. The Labute approximate surface area is 182 Å². The van der Waals surface area contributed by atoms with Gasteiger partial charge in [-0.1, -0.05) is 72.8 Å². The highest BCUT2D eigenvalue weighted by Gasteiger charge is 2.17. The van der Waals surface area contributed by atoms with Crippen LogP contribution in [0, 0.1) is 6.92 Å².